The van der Waals surface area contributed by atoms with Crippen LogP contribution in [0.2, 0.25) is 0 Å². The number of carbonyl (C=O) groups excluding carboxylic acids is 2. The van der Waals surface area contributed by atoms with Crippen molar-refractivity contribution < 1.29 is 9.59 Å². The maximum Gasteiger partial charge on any atom is 0.258 e. The second-order valence-electron chi connectivity index (χ2n) is 6.93. The summed E-state index contributed by atoms with van der Waals surface area (Å²) in [6, 6.07) is 13.9. The quantitative estimate of drug-likeness (QED) is 0.903. The Morgan fingerprint density at radius 1 is 1.08 bits per heavy atom. The van der Waals surface area contributed by atoms with Gasteiger partial charge in [0.1, 0.15) is 0 Å². The lowest BCUT2D eigenvalue weighted by Crippen LogP contribution is -2.30. The zero-order chi connectivity index (χ0) is 18.1. The molecular weight excluding hydrogens is 324 g/mol. The molecule has 0 spiro atoms. The van der Waals surface area contributed by atoms with Crippen LogP contribution in [0.3, 0.4) is 0 Å². The first-order valence-electron chi connectivity index (χ1n) is 9.11. The lowest BCUT2D eigenvalue weighted by molar-refractivity contribution is -0.121. The molecule has 0 aromatic heterocycles. The maximum atomic E-state index is 12.4. The average Bonchev–Trinajstić information content (AvgIpc) is 3.22. The van der Waals surface area contributed by atoms with E-state index in [4.69, 9.17) is 0 Å². The molecule has 1 aliphatic carbocycles. The van der Waals surface area contributed by atoms with Crippen LogP contribution < -0.4 is 5.32 Å². The van der Waals surface area contributed by atoms with Crippen LogP contribution in [0.5, 0.6) is 0 Å². The van der Waals surface area contributed by atoms with E-state index in [2.05, 4.69) is 30.1 Å². The van der Waals surface area contributed by atoms with E-state index in [0.717, 1.165) is 24.0 Å². The number of nitrogens with zero attached hydrogens (tertiary/aromatic N) is 1. The molecule has 4 nitrogen and oxygen atoms in total. The number of amides is 2. The molecule has 0 saturated carbocycles. The molecule has 4 heteroatoms. The first kappa shape index (κ1) is 16.6. The van der Waals surface area contributed by atoms with E-state index in [1.807, 2.05) is 18.2 Å². The largest absolute Gasteiger partial charge is 0.352 e. The highest BCUT2D eigenvalue weighted by Gasteiger charge is 2.30. The number of hydrogen-bond acceptors (Lipinski definition) is 2. The van der Waals surface area contributed by atoms with Gasteiger partial charge in [-0.2, -0.15) is 0 Å². The lowest BCUT2D eigenvalue weighted by atomic mass is 10.1. The highest BCUT2D eigenvalue weighted by Crippen LogP contribution is 2.31. The topological polar surface area (TPSA) is 49.4 Å². The van der Waals surface area contributed by atoms with Crippen LogP contribution in [0.25, 0.3) is 5.70 Å². The highest BCUT2D eigenvalue weighted by atomic mass is 16.2. The predicted octanol–water partition coefficient (Wildman–Crippen LogP) is 3.31. The Kier molecular flexibility index (Phi) is 4.33. The Hall–Kier alpha value is -2.88. The van der Waals surface area contributed by atoms with Gasteiger partial charge in [0.15, 0.2) is 0 Å². The Morgan fingerprint density at radius 2 is 1.85 bits per heavy atom. The van der Waals surface area contributed by atoms with Gasteiger partial charge in [0.25, 0.3) is 5.91 Å². The standard InChI is InChI=1S/C22H22N2O2/c1-15-19-7-2-3-8-20(19)22(26)24(15)12-11-21(25)23-14-16-9-10-17-5-4-6-18(17)13-16/h2-3,7-10,13H,1,4-6,11-12,14H2,(H,23,25). The smallest absolute Gasteiger partial charge is 0.258 e. The highest BCUT2D eigenvalue weighted by molar-refractivity contribution is 6.08. The summed E-state index contributed by atoms with van der Waals surface area (Å²) in [5.74, 6) is -0.126. The van der Waals surface area contributed by atoms with Gasteiger partial charge in [-0.15, -0.1) is 0 Å². The van der Waals surface area contributed by atoms with E-state index in [0.29, 0.717) is 24.4 Å². The Labute approximate surface area is 153 Å². The van der Waals surface area contributed by atoms with E-state index in [-0.39, 0.29) is 18.2 Å². The van der Waals surface area contributed by atoms with E-state index in [1.165, 1.54) is 17.5 Å². The molecule has 0 unspecified atom stereocenters. The molecule has 0 atom stereocenters. The average molecular weight is 346 g/mol. The third kappa shape index (κ3) is 3.03. The Morgan fingerprint density at radius 3 is 2.65 bits per heavy atom. The molecule has 1 aliphatic heterocycles. The van der Waals surface area contributed by atoms with Crippen molar-refractivity contribution in [2.24, 2.45) is 0 Å². The lowest BCUT2D eigenvalue weighted by Gasteiger charge is -2.17. The van der Waals surface area contributed by atoms with E-state index < -0.39 is 0 Å². The molecule has 26 heavy (non-hydrogen) atoms. The van der Waals surface area contributed by atoms with Gasteiger partial charge >= 0.3 is 0 Å². The van der Waals surface area contributed by atoms with Crippen molar-refractivity contribution in [2.45, 2.75) is 32.2 Å². The molecule has 4 rings (SSSR count). The van der Waals surface area contributed by atoms with Crippen molar-refractivity contribution in [2.75, 3.05) is 6.54 Å². The fraction of sp³-hybridized carbons (Fsp3) is 0.273. The van der Waals surface area contributed by atoms with Crippen LogP contribution in [0, 0.1) is 0 Å². The molecule has 0 fully saturated rings. The summed E-state index contributed by atoms with van der Waals surface area (Å²) in [5.41, 5.74) is 6.18. The first-order valence-corrected chi connectivity index (χ1v) is 9.11. The van der Waals surface area contributed by atoms with E-state index in [9.17, 15) is 9.59 Å². The number of hydrogen-bond donors (Lipinski definition) is 1. The SMILES string of the molecule is C=C1c2ccccc2C(=O)N1CCC(=O)NCc1ccc2c(c1)CCC2. The predicted molar refractivity (Wildman–Crippen MR) is 101 cm³/mol. The van der Waals surface area contributed by atoms with Crippen molar-refractivity contribution >= 4 is 17.5 Å². The molecule has 0 bridgehead atoms. The van der Waals surface area contributed by atoms with Gasteiger partial charge in [-0.25, -0.2) is 0 Å². The normalized spacial score (nSPS) is 15.2. The van der Waals surface area contributed by atoms with Crippen molar-refractivity contribution in [1.29, 1.82) is 0 Å². The summed E-state index contributed by atoms with van der Waals surface area (Å²) in [4.78, 5) is 26.3. The second-order valence-corrected chi connectivity index (χ2v) is 6.93. The molecule has 1 N–H and O–H groups in total. The molecule has 1 heterocycles. The Bertz CT molecular complexity index is 866. The molecule has 2 amide bonds. The number of aryl methyl sites for hydroxylation is 2. The van der Waals surface area contributed by atoms with Crippen LogP contribution in [0.15, 0.2) is 49.0 Å². The van der Waals surface area contributed by atoms with E-state index in [1.54, 1.807) is 11.0 Å². The Balaban J connectivity index is 1.31. The molecular formula is C22H22N2O2. The van der Waals surface area contributed by atoms with Crippen LogP contribution in [-0.2, 0) is 24.2 Å². The minimum absolute atomic E-state index is 0.0537. The molecule has 2 aromatic rings. The van der Waals surface area contributed by atoms with Gasteiger partial charge in [0.2, 0.25) is 5.91 Å². The number of carbonyl (C=O) groups is 2. The van der Waals surface area contributed by atoms with Gasteiger partial charge in [0, 0.05) is 36.3 Å². The van der Waals surface area contributed by atoms with Crippen molar-refractivity contribution in [3.63, 3.8) is 0 Å². The monoisotopic (exact) mass is 346 g/mol. The van der Waals surface area contributed by atoms with E-state index >= 15 is 0 Å². The van der Waals surface area contributed by atoms with Crippen LogP contribution in [-0.4, -0.2) is 23.3 Å². The second kappa shape index (κ2) is 6.79. The van der Waals surface area contributed by atoms with Crippen LogP contribution in [0.1, 0.15) is 45.5 Å². The molecule has 2 aromatic carbocycles. The number of benzene rings is 2. The summed E-state index contributed by atoms with van der Waals surface area (Å²) in [6.07, 6.45) is 3.79. The zero-order valence-electron chi connectivity index (χ0n) is 14.8. The van der Waals surface area contributed by atoms with Crippen LogP contribution in [0.4, 0.5) is 0 Å². The van der Waals surface area contributed by atoms with Gasteiger partial charge in [-0.3, -0.25) is 9.59 Å². The van der Waals surface area contributed by atoms with Crippen LogP contribution >= 0.6 is 0 Å². The summed E-state index contributed by atoms with van der Waals surface area (Å²) >= 11 is 0. The summed E-state index contributed by atoms with van der Waals surface area (Å²) in [5, 5.41) is 2.96. The number of fused-ring (bicyclic) bond motifs is 2. The fourth-order valence-electron chi connectivity index (χ4n) is 3.81. The molecule has 2 aliphatic rings. The fourth-order valence-corrected chi connectivity index (χ4v) is 3.81. The van der Waals surface area contributed by atoms with Crippen molar-refractivity contribution in [3.8, 4) is 0 Å². The van der Waals surface area contributed by atoms with Crippen molar-refractivity contribution in [3.05, 3.63) is 76.9 Å². The summed E-state index contributed by atoms with van der Waals surface area (Å²) in [7, 11) is 0. The molecule has 0 saturated heterocycles. The first-order chi connectivity index (χ1) is 12.6. The van der Waals surface area contributed by atoms with Gasteiger partial charge in [-0.1, -0.05) is 43.0 Å². The minimum Gasteiger partial charge on any atom is -0.352 e. The zero-order valence-corrected chi connectivity index (χ0v) is 14.8. The molecule has 0 radical (unpaired) electrons. The minimum atomic E-state index is -0.0722. The van der Waals surface area contributed by atoms with Crippen molar-refractivity contribution in [1.82, 2.24) is 10.2 Å². The van der Waals surface area contributed by atoms with Gasteiger partial charge in [-0.05, 0) is 42.0 Å². The third-order valence-corrected chi connectivity index (χ3v) is 5.25. The number of nitrogens with one attached hydrogen (secondary N) is 1. The van der Waals surface area contributed by atoms with Gasteiger partial charge < -0.3 is 10.2 Å². The molecule has 132 valence electrons. The summed E-state index contributed by atoms with van der Waals surface area (Å²) < 4.78 is 0. The third-order valence-electron chi connectivity index (χ3n) is 5.25. The van der Waals surface area contributed by atoms with Gasteiger partial charge in [0.05, 0.1) is 0 Å². The maximum absolute atomic E-state index is 12.4. The number of rotatable bonds is 5. The summed E-state index contributed by atoms with van der Waals surface area (Å²) in [6.45, 7) is 4.88.